The van der Waals surface area contributed by atoms with E-state index in [-0.39, 0.29) is 11.9 Å². The molecule has 2 aromatic rings. The van der Waals surface area contributed by atoms with Gasteiger partial charge in [0.2, 0.25) is 0 Å². The van der Waals surface area contributed by atoms with Gasteiger partial charge in [-0.25, -0.2) is 4.98 Å². The molecule has 2 heterocycles. The van der Waals surface area contributed by atoms with Gasteiger partial charge < -0.3 is 14.4 Å². The van der Waals surface area contributed by atoms with E-state index in [0.29, 0.717) is 6.61 Å². The molecule has 5 heteroatoms. The van der Waals surface area contributed by atoms with Crippen molar-refractivity contribution < 1.29 is 14.3 Å². The summed E-state index contributed by atoms with van der Waals surface area (Å²) in [6, 6.07) is 14.0. The zero-order valence-electron chi connectivity index (χ0n) is 16.4. The first-order valence-electron chi connectivity index (χ1n) is 9.51. The van der Waals surface area contributed by atoms with Crippen molar-refractivity contribution in [3.8, 4) is 5.75 Å². The molecule has 1 aliphatic rings. The molecule has 0 spiro atoms. The summed E-state index contributed by atoms with van der Waals surface area (Å²) in [4.78, 5) is 19.0. The number of rotatable bonds is 5. The van der Waals surface area contributed by atoms with Gasteiger partial charge in [0.25, 0.3) is 0 Å². The van der Waals surface area contributed by atoms with Crippen molar-refractivity contribution in [2.24, 2.45) is 5.92 Å². The van der Waals surface area contributed by atoms with Crippen LogP contribution in [-0.2, 0) is 16.1 Å². The molecular formula is C22H28N2O3. The van der Waals surface area contributed by atoms with Gasteiger partial charge in [0.1, 0.15) is 23.8 Å². The van der Waals surface area contributed by atoms with Crippen molar-refractivity contribution in [2.75, 3.05) is 18.0 Å². The second-order valence-corrected chi connectivity index (χ2v) is 7.92. The maximum atomic E-state index is 12.2. The summed E-state index contributed by atoms with van der Waals surface area (Å²) in [5, 5.41) is 0. The average molecular weight is 368 g/mol. The predicted octanol–water partition coefficient (Wildman–Crippen LogP) is 4.22. The topological polar surface area (TPSA) is 51.7 Å². The number of esters is 1. The molecule has 0 amide bonds. The van der Waals surface area contributed by atoms with Crippen LogP contribution in [0.3, 0.4) is 0 Å². The molecule has 1 aromatic heterocycles. The number of ether oxygens (including phenoxy) is 2. The first kappa shape index (κ1) is 19.2. The Morgan fingerprint density at radius 1 is 1.11 bits per heavy atom. The van der Waals surface area contributed by atoms with E-state index in [9.17, 15) is 4.79 Å². The summed E-state index contributed by atoms with van der Waals surface area (Å²) in [5.41, 5.74) is 0.705. The highest BCUT2D eigenvalue weighted by Crippen LogP contribution is 2.25. The first-order valence-corrected chi connectivity index (χ1v) is 9.51. The van der Waals surface area contributed by atoms with Gasteiger partial charge in [-0.2, -0.15) is 0 Å². The van der Waals surface area contributed by atoms with Crippen molar-refractivity contribution in [2.45, 2.75) is 45.8 Å². The molecule has 0 bridgehead atoms. The number of hydrogen-bond donors (Lipinski definition) is 0. The number of anilines is 1. The number of benzene rings is 1. The predicted molar refractivity (Wildman–Crippen MR) is 106 cm³/mol. The van der Waals surface area contributed by atoms with E-state index in [1.807, 2.05) is 63.2 Å². The van der Waals surface area contributed by atoms with Crippen molar-refractivity contribution in [1.29, 1.82) is 0 Å². The Morgan fingerprint density at radius 3 is 2.41 bits per heavy atom. The fourth-order valence-corrected chi connectivity index (χ4v) is 3.12. The molecule has 27 heavy (non-hydrogen) atoms. The molecule has 144 valence electrons. The monoisotopic (exact) mass is 368 g/mol. The van der Waals surface area contributed by atoms with Crippen LogP contribution in [0, 0.1) is 5.92 Å². The summed E-state index contributed by atoms with van der Waals surface area (Å²) in [5.74, 6) is 1.57. The third kappa shape index (κ3) is 5.71. The SMILES string of the molecule is CC(C)(C)OC(=O)C1CCN(c2ccc(OCc3ccccc3)cn2)CC1. The third-order valence-electron chi connectivity index (χ3n) is 4.53. The number of carbonyl (C=O) groups excluding carboxylic acids is 1. The number of pyridine rings is 1. The van der Waals surface area contributed by atoms with Gasteiger partial charge in [0.05, 0.1) is 12.1 Å². The zero-order chi connectivity index (χ0) is 19.3. The van der Waals surface area contributed by atoms with Gasteiger partial charge in [-0.1, -0.05) is 30.3 Å². The van der Waals surface area contributed by atoms with Gasteiger partial charge >= 0.3 is 5.97 Å². The van der Waals surface area contributed by atoms with Crippen LogP contribution in [0.5, 0.6) is 5.75 Å². The van der Waals surface area contributed by atoms with Crippen LogP contribution in [0.4, 0.5) is 5.82 Å². The molecule has 3 rings (SSSR count). The highest BCUT2D eigenvalue weighted by atomic mass is 16.6. The molecule has 1 fully saturated rings. The third-order valence-corrected chi connectivity index (χ3v) is 4.53. The molecule has 5 nitrogen and oxygen atoms in total. The van der Waals surface area contributed by atoms with E-state index >= 15 is 0 Å². The van der Waals surface area contributed by atoms with Crippen LogP contribution in [0.1, 0.15) is 39.2 Å². The maximum Gasteiger partial charge on any atom is 0.309 e. The molecule has 0 N–H and O–H groups in total. The smallest absolute Gasteiger partial charge is 0.309 e. The van der Waals surface area contributed by atoms with Gasteiger partial charge in [-0.3, -0.25) is 4.79 Å². The van der Waals surface area contributed by atoms with E-state index in [1.54, 1.807) is 6.20 Å². The molecule has 0 saturated carbocycles. The minimum atomic E-state index is -0.425. The Balaban J connectivity index is 1.49. The van der Waals surface area contributed by atoms with Crippen LogP contribution in [0.15, 0.2) is 48.7 Å². The number of nitrogens with zero attached hydrogens (tertiary/aromatic N) is 2. The highest BCUT2D eigenvalue weighted by molar-refractivity contribution is 5.73. The van der Waals surface area contributed by atoms with Crippen molar-refractivity contribution in [1.82, 2.24) is 4.98 Å². The normalized spacial score (nSPS) is 15.4. The fourth-order valence-electron chi connectivity index (χ4n) is 3.12. The van der Waals surface area contributed by atoms with E-state index < -0.39 is 5.60 Å². The van der Waals surface area contributed by atoms with Gasteiger partial charge in [-0.15, -0.1) is 0 Å². The zero-order valence-corrected chi connectivity index (χ0v) is 16.4. The standard InChI is InChI=1S/C22H28N2O3/c1-22(2,3)27-21(25)18-11-13-24(14-12-18)20-10-9-19(15-23-20)26-16-17-7-5-4-6-8-17/h4-10,15,18H,11-14,16H2,1-3H3. The minimum absolute atomic E-state index is 0.0195. The van der Waals surface area contributed by atoms with Crippen LogP contribution in [0.25, 0.3) is 0 Å². The largest absolute Gasteiger partial charge is 0.487 e. The van der Waals surface area contributed by atoms with Crippen LogP contribution in [-0.4, -0.2) is 29.6 Å². The van der Waals surface area contributed by atoms with Crippen molar-refractivity contribution >= 4 is 11.8 Å². The number of carbonyl (C=O) groups is 1. The molecule has 1 aromatic carbocycles. The molecule has 0 unspecified atom stereocenters. The Kier molecular flexibility index (Phi) is 5.99. The molecular weight excluding hydrogens is 340 g/mol. The maximum absolute atomic E-state index is 12.2. The Bertz CT molecular complexity index is 730. The molecule has 0 aliphatic carbocycles. The fraction of sp³-hybridized carbons (Fsp3) is 0.455. The molecule has 0 atom stereocenters. The number of hydrogen-bond acceptors (Lipinski definition) is 5. The minimum Gasteiger partial charge on any atom is -0.487 e. The first-order chi connectivity index (χ1) is 12.9. The van der Waals surface area contributed by atoms with E-state index in [1.165, 1.54) is 0 Å². The second-order valence-electron chi connectivity index (χ2n) is 7.92. The lowest BCUT2D eigenvalue weighted by Crippen LogP contribution is -2.39. The molecule has 1 saturated heterocycles. The number of aromatic nitrogens is 1. The van der Waals surface area contributed by atoms with Gasteiger partial charge in [-0.05, 0) is 51.3 Å². The average Bonchev–Trinajstić information content (AvgIpc) is 2.66. The van der Waals surface area contributed by atoms with Crippen LogP contribution >= 0.6 is 0 Å². The van der Waals surface area contributed by atoms with Gasteiger partial charge in [0, 0.05) is 13.1 Å². The summed E-state index contributed by atoms with van der Waals surface area (Å²) in [6.45, 7) is 7.87. The van der Waals surface area contributed by atoms with Crippen molar-refractivity contribution in [3.63, 3.8) is 0 Å². The second kappa shape index (κ2) is 8.42. The Hall–Kier alpha value is -2.56. The van der Waals surface area contributed by atoms with Crippen LogP contribution < -0.4 is 9.64 Å². The molecule has 0 radical (unpaired) electrons. The summed E-state index contributed by atoms with van der Waals surface area (Å²) >= 11 is 0. The van der Waals surface area contributed by atoms with E-state index in [2.05, 4.69) is 9.88 Å². The summed E-state index contributed by atoms with van der Waals surface area (Å²) in [7, 11) is 0. The number of piperidine rings is 1. The van der Waals surface area contributed by atoms with E-state index in [4.69, 9.17) is 9.47 Å². The lowest BCUT2D eigenvalue weighted by Gasteiger charge is -2.33. The van der Waals surface area contributed by atoms with Crippen molar-refractivity contribution in [3.05, 3.63) is 54.2 Å². The van der Waals surface area contributed by atoms with Gasteiger partial charge in [0.15, 0.2) is 0 Å². The Labute approximate surface area is 161 Å². The van der Waals surface area contributed by atoms with Crippen LogP contribution in [0.2, 0.25) is 0 Å². The summed E-state index contributed by atoms with van der Waals surface area (Å²) < 4.78 is 11.3. The van der Waals surface area contributed by atoms with E-state index in [0.717, 1.165) is 43.1 Å². The quantitative estimate of drug-likeness (QED) is 0.740. The lowest BCUT2D eigenvalue weighted by atomic mass is 9.96. The lowest BCUT2D eigenvalue weighted by molar-refractivity contribution is -0.160. The Morgan fingerprint density at radius 2 is 1.81 bits per heavy atom. The summed E-state index contributed by atoms with van der Waals surface area (Å²) in [6.07, 6.45) is 3.35. The highest BCUT2D eigenvalue weighted by Gasteiger charge is 2.29. The molecule has 1 aliphatic heterocycles.